The molecule has 2 heterocycles. The molecule has 5 heteroatoms. The van der Waals surface area contributed by atoms with Crippen LogP contribution in [0.5, 0.6) is 5.75 Å². The highest BCUT2D eigenvalue weighted by Gasteiger charge is 2.28. The summed E-state index contributed by atoms with van der Waals surface area (Å²) in [7, 11) is 0. The Morgan fingerprint density at radius 3 is 2.68 bits per heavy atom. The van der Waals surface area contributed by atoms with Gasteiger partial charge in [0.2, 0.25) is 5.91 Å². The second-order valence-electron chi connectivity index (χ2n) is 6.13. The fraction of sp³-hybridized carbons (Fsp3) is 0.529. The average molecular weight is 302 g/mol. The molecule has 1 N–H and O–H groups in total. The Morgan fingerprint density at radius 1 is 1.27 bits per heavy atom. The van der Waals surface area contributed by atoms with E-state index in [2.05, 4.69) is 5.32 Å². The highest BCUT2D eigenvalue weighted by molar-refractivity contribution is 6.01. The number of rotatable bonds is 2. The average Bonchev–Trinajstić information content (AvgIpc) is 2.53. The Hall–Kier alpha value is -1.88. The number of benzene rings is 1. The predicted molar refractivity (Wildman–Crippen MR) is 84.5 cm³/mol. The van der Waals surface area contributed by atoms with Gasteiger partial charge in [0.25, 0.3) is 0 Å². The third kappa shape index (κ3) is 2.86. The lowest BCUT2D eigenvalue weighted by Crippen LogP contribution is -2.41. The van der Waals surface area contributed by atoms with Gasteiger partial charge in [-0.25, -0.2) is 0 Å². The number of nitrogens with zero attached hydrogens (tertiary/aromatic N) is 1. The second-order valence-corrected chi connectivity index (χ2v) is 6.13. The summed E-state index contributed by atoms with van der Waals surface area (Å²) in [6.07, 6.45) is 1.71. The van der Waals surface area contributed by atoms with Gasteiger partial charge in [-0.2, -0.15) is 0 Å². The molecule has 5 nitrogen and oxygen atoms in total. The second kappa shape index (κ2) is 6.08. The molecule has 1 fully saturated rings. The van der Waals surface area contributed by atoms with Gasteiger partial charge < -0.3 is 15.0 Å². The van der Waals surface area contributed by atoms with E-state index in [0.29, 0.717) is 23.5 Å². The Kier molecular flexibility index (Phi) is 4.16. The van der Waals surface area contributed by atoms with Crippen molar-refractivity contribution >= 4 is 17.4 Å². The number of nitrogens with one attached hydrogen (secondary N) is 1. The molecule has 1 unspecified atom stereocenters. The van der Waals surface area contributed by atoms with Gasteiger partial charge in [0.1, 0.15) is 11.9 Å². The molecule has 0 radical (unpaired) electrons. The number of Topliss-reactive ketones (excluding diaryl/α,β-unsaturated/α-hetero) is 1. The molecule has 22 heavy (non-hydrogen) atoms. The fourth-order valence-corrected chi connectivity index (χ4v) is 3.21. The van der Waals surface area contributed by atoms with Gasteiger partial charge in [-0.05, 0) is 51.1 Å². The van der Waals surface area contributed by atoms with Crippen LogP contribution in [0.2, 0.25) is 0 Å². The zero-order valence-corrected chi connectivity index (χ0v) is 13.1. The lowest BCUT2D eigenvalue weighted by atomic mass is 9.89. The minimum absolute atomic E-state index is 0.0251. The first-order valence-corrected chi connectivity index (χ1v) is 7.90. The van der Waals surface area contributed by atoms with E-state index in [-0.39, 0.29) is 23.7 Å². The Bertz CT molecular complexity index is 594. The normalized spacial score (nSPS) is 21.9. The van der Waals surface area contributed by atoms with Crippen molar-refractivity contribution in [3.63, 3.8) is 0 Å². The van der Waals surface area contributed by atoms with E-state index >= 15 is 0 Å². The first kappa shape index (κ1) is 15.0. The summed E-state index contributed by atoms with van der Waals surface area (Å²) in [5.41, 5.74) is 1.39. The quantitative estimate of drug-likeness (QED) is 0.849. The Morgan fingerprint density at radius 2 is 2.00 bits per heavy atom. The molecule has 1 amide bonds. The van der Waals surface area contributed by atoms with Crippen molar-refractivity contribution in [1.29, 1.82) is 0 Å². The number of fused-ring (bicyclic) bond motifs is 1. The standard InChI is InChI=1S/C17H22N2O3/c1-11-10-19(12(2)20)15-9-14(3-4-16(15)22-11)17(21)13-5-7-18-8-6-13/h3-4,9,11,13,18H,5-8,10H2,1-2H3. The molecule has 1 aromatic carbocycles. The molecule has 2 aliphatic heterocycles. The summed E-state index contributed by atoms with van der Waals surface area (Å²) < 4.78 is 5.78. The van der Waals surface area contributed by atoms with Gasteiger partial charge in [0, 0.05) is 18.4 Å². The number of hydrogen-bond acceptors (Lipinski definition) is 4. The van der Waals surface area contributed by atoms with Crippen LogP contribution in [0.25, 0.3) is 0 Å². The maximum Gasteiger partial charge on any atom is 0.224 e. The lowest BCUT2D eigenvalue weighted by Gasteiger charge is -2.33. The molecule has 0 bridgehead atoms. The van der Waals surface area contributed by atoms with Crippen molar-refractivity contribution < 1.29 is 14.3 Å². The number of anilines is 1. The Labute approximate surface area is 130 Å². The zero-order valence-electron chi connectivity index (χ0n) is 13.1. The van der Waals surface area contributed by atoms with Crippen molar-refractivity contribution in [1.82, 2.24) is 5.32 Å². The monoisotopic (exact) mass is 302 g/mol. The van der Waals surface area contributed by atoms with Gasteiger partial charge in [0.05, 0.1) is 12.2 Å². The molecule has 3 rings (SSSR count). The Balaban J connectivity index is 1.90. The van der Waals surface area contributed by atoms with Crippen LogP contribution < -0.4 is 15.0 Å². The van der Waals surface area contributed by atoms with Gasteiger partial charge >= 0.3 is 0 Å². The van der Waals surface area contributed by atoms with Crippen LogP contribution in [-0.2, 0) is 4.79 Å². The smallest absolute Gasteiger partial charge is 0.224 e. The highest BCUT2D eigenvalue weighted by atomic mass is 16.5. The van der Waals surface area contributed by atoms with Gasteiger partial charge in [0.15, 0.2) is 5.78 Å². The van der Waals surface area contributed by atoms with Crippen LogP contribution in [0.15, 0.2) is 18.2 Å². The van der Waals surface area contributed by atoms with E-state index in [1.54, 1.807) is 11.8 Å². The molecule has 0 saturated carbocycles. The van der Waals surface area contributed by atoms with E-state index in [0.717, 1.165) is 25.9 Å². The van der Waals surface area contributed by atoms with E-state index in [4.69, 9.17) is 4.74 Å². The summed E-state index contributed by atoms with van der Waals surface area (Å²) >= 11 is 0. The number of ether oxygens (including phenoxy) is 1. The predicted octanol–water partition coefficient (Wildman–Crippen LogP) is 2.00. The summed E-state index contributed by atoms with van der Waals surface area (Å²) in [6, 6.07) is 5.45. The fourth-order valence-electron chi connectivity index (χ4n) is 3.21. The first-order chi connectivity index (χ1) is 10.6. The summed E-state index contributed by atoms with van der Waals surface area (Å²) in [5, 5.41) is 3.27. The molecular weight excluding hydrogens is 280 g/mol. The molecule has 0 aliphatic carbocycles. The molecular formula is C17H22N2O3. The van der Waals surface area contributed by atoms with E-state index in [1.165, 1.54) is 0 Å². The van der Waals surface area contributed by atoms with Crippen LogP contribution in [0.3, 0.4) is 0 Å². The third-order valence-corrected chi connectivity index (χ3v) is 4.39. The lowest BCUT2D eigenvalue weighted by molar-refractivity contribution is -0.117. The largest absolute Gasteiger partial charge is 0.487 e. The van der Waals surface area contributed by atoms with Crippen LogP contribution >= 0.6 is 0 Å². The minimum atomic E-state index is -0.0395. The van der Waals surface area contributed by atoms with Gasteiger partial charge in [-0.15, -0.1) is 0 Å². The SMILES string of the molecule is CC(=O)N1CC(C)Oc2ccc(C(=O)C3CCNCC3)cc21. The molecule has 0 aromatic heterocycles. The molecule has 1 atom stereocenters. The van der Waals surface area contributed by atoms with Gasteiger partial charge in [-0.1, -0.05) is 0 Å². The topological polar surface area (TPSA) is 58.6 Å². The maximum atomic E-state index is 12.7. The number of carbonyl (C=O) groups excluding carboxylic acids is 2. The van der Waals surface area contributed by atoms with E-state index in [9.17, 15) is 9.59 Å². The van der Waals surface area contributed by atoms with Crippen LogP contribution in [-0.4, -0.2) is 37.4 Å². The molecule has 1 aromatic rings. The van der Waals surface area contributed by atoms with Crippen LogP contribution in [0.1, 0.15) is 37.0 Å². The van der Waals surface area contributed by atoms with Crippen LogP contribution in [0, 0.1) is 5.92 Å². The summed E-state index contributed by atoms with van der Waals surface area (Å²) in [6.45, 7) is 5.78. The molecule has 118 valence electrons. The van der Waals surface area contributed by atoms with Crippen LogP contribution in [0.4, 0.5) is 5.69 Å². The minimum Gasteiger partial charge on any atom is -0.487 e. The number of piperidine rings is 1. The molecule has 1 saturated heterocycles. The van der Waals surface area contributed by atoms with Crippen molar-refractivity contribution in [2.75, 3.05) is 24.5 Å². The third-order valence-electron chi connectivity index (χ3n) is 4.39. The van der Waals surface area contributed by atoms with E-state index < -0.39 is 0 Å². The first-order valence-electron chi connectivity index (χ1n) is 7.90. The van der Waals surface area contributed by atoms with Crippen molar-refractivity contribution in [2.45, 2.75) is 32.8 Å². The number of ketones is 1. The van der Waals surface area contributed by atoms with Crippen molar-refractivity contribution in [3.8, 4) is 5.75 Å². The number of carbonyl (C=O) groups is 2. The number of amides is 1. The summed E-state index contributed by atoms with van der Waals surface area (Å²) in [5.74, 6) is 0.901. The maximum absolute atomic E-state index is 12.7. The zero-order chi connectivity index (χ0) is 15.7. The summed E-state index contributed by atoms with van der Waals surface area (Å²) in [4.78, 5) is 26.2. The highest BCUT2D eigenvalue weighted by Crippen LogP contribution is 2.35. The van der Waals surface area contributed by atoms with Gasteiger partial charge in [-0.3, -0.25) is 9.59 Å². The van der Waals surface area contributed by atoms with Crippen molar-refractivity contribution in [3.05, 3.63) is 23.8 Å². The molecule has 0 spiro atoms. The molecule has 2 aliphatic rings. The number of hydrogen-bond donors (Lipinski definition) is 1. The van der Waals surface area contributed by atoms with Crippen molar-refractivity contribution in [2.24, 2.45) is 5.92 Å². The van der Waals surface area contributed by atoms with E-state index in [1.807, 2.05) is 25.1 Å².